The van der Waals surface area contributed by atoms with Crippen LogP contribution >= 0.6 is 0 Å². The van der Waals surface area contributed by atoms with Crippen molar-refractivity contribution in [2.75, 3.05) is 11.5 Å². The predicted molar refractivity (Wildman–Crippen MR) is 130 cm³/mol. The van der Waals surface area contributed by atoms with E-state index in [1.54, 1.807) is 0 Å². The predicted octanol–water partition coefficient (Wildman–Crippen LogP) is 4.89. The zero-order valence-electron chi connectivity index (χ0n) is 19.0. The first kappa shape index (κ1) is 23.6. The lowest BCUT2D eigenvalue weighted by Crippen LogP contribution is -2.42. The molecule has 1 N–H and O–H groups in total. The van der Waals surface area contributed by atoms with E-state index < -0.39 is 9.84 Å². The minimum absolute atomic E-state index is 0.149. The van der Waals surface area contributed by atoms with Gasteiger partial charge in [-0.15, -0.1) is 0 Å². The molecule has 0 aliphatic heterocycles. The molecular formula is C27H35NO2S. The summed E-state index contributed by atoms with van der Waals surface area (Å²) in [4.78, 5) is 0. The number of hydrogen-bond acceptors (Lipinski definition) is 3. The molecule has 31 heavy (non-hydrogen) atoms. The highest BCUT2D eigenvalue weighted by Gasteiger charge is 2.30. The Bertz CT molecular complexity index is 1020. The maximum absolute atomic E-state index is 11.9. The molecule has 2 aromatic rings. The molecule has 0 fully saturated rings. The smallest absolute Gasteiger partial charge is 0.151 e. The minimum Gasteiger partial charge on any atom is -0.311 e. The minimum atomic E-state index is -2.97. The van der Waals surface area contributed by atoms with Crippen LogP contribution in [0.4, 0.5) is 0 Å². The van der Waals surface area contributed by atoms with Gasteiger partial charge in [-0.1, -0.05) is 69.0 Å². The van der Waals surface area contributed by atoms with E-state index in [9.17, 15) is 8.42 Å². The second-order valence-corrected chi connectivity index (χ2v) is 11.2. The number of nitrogens with one attached hydrogen (secondary N) is 1. The SMILES string of the molecule is CCCS(=O)(=O)CCC#Cc1ccc2c(c1)C(Cc1ccccc1)C(NC(C)C)CC2. The molecule has 2 atom stereocenters. The summed E-state index contributed by atoms with van der Waals surface area (Å²) in [6.07, 6.45) is 4.28. The molecule has 0 saturated carbocycles. The highest BCUT2D eigenvalue weighted by atomic mass is 32.2. The highest BCUT2D eigenvalue weighted by Crippen LogP contribution is 2.35. The Balaban J connectivity index is 1.82. The fourth-order valence-electron chi connectivity index (χ4n) is 4.51. The summed E-state index contributed by atoms with van der Waals surface area (Å²) in [6, 6.07) is 18.1. The van der Waals surface area contributed by atoms with Crippen LogP contribution in [0.15, 0.2) is 48.5 Å². The number of sulfone groups is 1. The van der Waals surface area contributed by atoms with E-state index in [1.165, 1.54) is 16.7 Å². The standard InChI is InChI=1S/C27H35NO2S/c1-4-17-31(29,30)18-9-8-12-23-13-14-24-15-16-27(28-21(2)3)26(25(24)19-23)20-22-10-6-5-7-11-22/h5-7,10-11,13-14,19,21,26-28H,4,9,15-18,20H2,1-3H3. The molecule has 3 nitrogen and oxygen atoms in total. The lowest BCUT2D eigenvalue weighted by molar-refractivity contribution is 0.359. The van der Waals surface area contributed by atoms with Crippen molar-refractivity contribution in [2.24, 2.45) is 0 Å². The van der Waals surface area contributed by atoms with E-state index in [0.29, 0.717) is 30.8 Å². The Hall–Kier alpha value is -2.09. The van der Waals surface area contributed by atoms with Crippen LogP contribution in [-0.2, 0) is 22.7 Å². The molecule has 0 heterocycles. The normalized spacial score (nSPS) is 18.3. The van der Waals surface area contributed by atoms with Crippen LogP contribution in [0.25, 0.3) is 0 Å². The van der Waals surface area contributed by atoms with Crippen LogP contribution in [0.2, 0.25) is 0 Å². The number of rotatable bonds is 8. The van der Waals surface area contributed by atoms with Gasteiger partial charge in [0.25, 0.3) is 0 Å². The van der Waals surface area contributed by atoms with Crippen LogP contribution < -0.4 is 5.32 Å². The van der Waals surface area contributed by atoms with Crippen LogP contribution in [0, 0.1) is 11.8 Å². The van der Waals surface area contributed by atoms with E-state index in [-0.39, 0.29) is 11.5 Å². The fraction of sp³-hybridized carbons (Fsp3) is 0.481. The molecule has 1 aliphatic carbocycles. The van der Waals surface area contributed by atoms with Gasteiger partial charge in [-0.3, -0.25) is 0 Å². The van der Waals surface area contributed by atoms with Crippen LogP contribution in [-0.4, -0.2) is 32.0 Å². The molecule has 3 rings (SSSR count). The third-order valence-corrected chi connectivity index (χ3v) is 7.74. The number of fused-ring (bicyclic) bond motifs is 1. The van der Waals surface area contributed by atoms with Gasteiger partial charge in [-0.25, -0.2) is 8.42 Å². The first-order valence-electron chi connectivity index (χ1n) is 11.5. The molecule has 2 aromatic carbocycles. The van der Waals surface area contributed by atoms with Gasteiger partial charge in [0, 0.05) is 35.7 Å². The van der Waals surface area contributed by atoms with E-state index >= 15 is 0 Å². The van der Waals surface area contributed by atoms with Gasteiger partial charge < -0.3 is 5.32 Å². The maximum atomic E-state index is 11.9. The van der Waals surface area contributed by atoms with Crippen molar-refractivity contribution in [3.63, 3.8) is 0 Å². The van der Waals surface area contributed by atoms with E-state index in [4.69, 9.17) is 0 Å². The largest absolute Gasteiger partial charge is 0.311 e. The topological polar surface area (TPSA) is 46.2 Å². The van der Waals surface area contributed by atoms with Gasteiger partial charge in [0.05, 0.1) is 5.75 Å². The van der Waals surface area contributed by atoms with E-state index in [2.05, 4.69) is 79.5 Å². The lowest BCUT2D eigenvalue weighted by atomic mass is 9.75. The van der Waals surface area contributed by atoms with E-state index in [0.717, 1.165) is 24.8 Å². The molecule has 0 aromatic heterocycles. The lowest BCUT2D eigenvalue weighted by Gasteiger charge is -2.36. The van der Waals surface area contributed by atoms with Crippen LogP contribution in [0.3, 0.4) is 0 Å². The Labute approximate surface area is 188 Å². The molecule has 0 amide bonds. The zero-order valence-corrected chi connectivity index (χ0v) is 19.8. The first-order chi connectivity index (χ1) is 14.9. The van der Waals surface area contributed by atoms with Crippen molar-refractivity contribution in [2.45, 2.75) is 70.9 Å². The summed E-state index contributed by atoms with van der Waals surface area (Å²) < 4.78 is 23.8. The summed E-state index contributed by atoms with van der Waals surface area (Å²) >= 11 is 0. The van der Waals surface area contributed by atoms with Crippen LogP contribution in [0.5, 0.6) is 0 Å². The van der Waals surface area contributed by atoms with Crippen molar-refractivity contribution in [1.82, 2.24) is 5.32 Å². The summed E-state index contributed by atoms with van der Waals surface area (Å²) in [7, 11) is -2.97. The van der Waals surface area contributed by atoms with Gasteiger partial charge in [0.1, 0.15) is 0 Å². The molecule has 166 valence electrons. The van der Waals surface area contributed by atoms with Gasteiger partial charge in [-0.05, 0) is 54.5 Å². The van der Waals surface area contributed by atoms with Gasteiger partial charge >= 0.3 is 0 Å². The molecule has 2 unspecified atom stereocenters. The van der Waals surface area contributed by atoms with Gasteiger partial charge in [-0.2, -0.15) is 0 Å². The van der Waals surface area contributed by atoms with Crippen molar-refractivity contribution in [3.05, 3.63) is 70.8 Å². The Morgan fingerprint density at radius 1 is 1.10 bits per heavy atom. The molecule has 1 aliphatic rings. The highest BCUT2D eigenvalue weighted by molar-refractivity contribution is 7.91. The second kappa shape index (κ2) is 11.0. The average molecular weight is 438 g/mol. The number of hydrogen-bond donors (Lipinski definition) is 1. The van der Waals surface area contributed by atoms with Crippen molar-refractivity contribution in [3.8, 4) is 11.8 Å². The Morgan fingerprint density at radius 2 is 1.87 bits per heavy atom. The first-order valence-corrected chi connectivity index (χ1v) is 13.3. The second-order valence-electron chi connectivity index (χ2n) is 8.88. The molecule has 4 heteroatoms. The quantitative estimate of drug-likeness (QED) is 0.598. The molecular weight excluding hydrogens is 402 g/mol. The molecule has 0 spiro atoms. The average Bonchev–Trinajstić information content (AvgIpc) is 2.73. The molecule has 0 saturated heterocycles. The number of aryl methyl sites for hydroxylation is 1. The summed E-state index contributed by atoms with van der Waals surface area (Å²) in [6.45, 7) is 6.32. The summed E-state index contributed by atoms with van der Waals surface area (Å²) in [5.41, 5.74) is 5.14. The summed E-state index contributed by atoms with van der Waals surface area (Å²) in [5.74, 6) is 7.10. The van der Waals surface area contributed by atoms with Crippen molar-refractivity contribution < 1.29 is 8.42 Å². The zero-order chi connectivity index (χ0) is 22.3. The van der Waals surface area contributed by atoms with Gasteiger partial charge in [0.2, 0.25) is 0 Å². The number of benzene rings is 2. The Kier molecular flexibility index (Phi) is 8.35. The van der Waals surface area contributed by atoms with Crippen molar-refractivity contribution >= 4 is 9.84 Å². The third-order valence-electron chi connectivity index (χ3n) is 5.89. The van der Waals surface area contributed by atoms with E-state index in [1.807, 2.05) is 6.92 Å². The maximum Gasteiger partial charge on any atom is 0.151 e. The summed E-state index contributed by atoms with van der Waals surface area (Å²) in [5, 5.41) is 3.79. The molecule has 0 radical (unpaired) electrons. The van der Waals surface area contributed by atoms with Gasteiger partial charge in [0.15, 0.2) is 9.84 Å². The van der Waals surface area contributed by atoms with Crippen LogP contribution in [0.1, 0.15) is 68.2 Å². The van der Waals surface area contributed by atoms with Crippen molar-refractivity contribution in [1.29, 1.82) is 0 Å². The third kappa shape index (κ3) is 6.95. The fourth-order valence-corrected chi connectivity index (χ4v) is 5.75. The monoisotopic (exact) mass is 437 g/mol. The Morgan fingerprint density at radius 3 is 2.58 bits per heavy atom. The molecule has 0 bridgehead atoms.